The SMILES string of the molecule is COC(=NC#N)c1csc(CN)c1. The monoisotopic (exact) mass is 195 g/mol. The summed E-state index contributed by atoms with van der Waals surface area (Å²) in [5.41, 5.74) is 6.24. The van der Waals surface area contributed by atoms with Crippen LogP contribution in [0.4, 0.5) is 0 Å². The molecule has 0 aliphatic carbocycles. The van der Waals surface area contributed by atoms with E-state index in [9.17, 15) is 0 Å². The van der Waals surface area contributed by atoms with E-state index < -0.39 is 0 Å². The fourth-order valence-corrected chi connectivity index (χ4v) is 1.61. The van der Waals surface area contributed by atoms with E-state index >= 15 is 0 Å². The van der Waals surface area contributed by atoms with Crippen molar-refractivity contribution in [2.45, 2.75) is 6.54 Å². The van der Waals surface area contributed by atoms with Crippen LogP contribution in [0.2, 0.25) is 0 Å². The third-order valence-corrected chi connectivity index (χ3v) is 2.41. The Morgan fingerprint density at radius 3 is 3.08 bits per heavy atom. The topological polar surface area (TPSA) is 71.4 Å². The van der Waals surface area contributed by atoms with E-state index in [-0.39, 0.29) is 0 Å². The average molecular weight is 195 g/mol. The summed E-state index contributed by atoms with van der Waals surface area (Å²) in [6, 6.07) is 1.87. The summed E-state index contributed by atoms with van der Waals surface area (Å²) in [6.45, 7) is 0.494. The van der Waals surface area contributed by atoms with Gasteiger partial charge in [-0.05, 0) is 6.07 Å². The van der Waals surface area contributed by atoms with Crippen LogP contribution >= 0.6 is 11.3 Å². The maximum atomic E-state index is 8.35. The Morgan fingerprint density at radius 1 is 1.85 bits per heavy atom. The first-order chi connectivity index (χ1) is 6.31. The maximum absolute atomic E-state index is 8.35. The molecule has 1 heterocycles. The number of thiophene rings is 1. The second-order valence-corrected chi connectivity index (χ2v) is 3.22. The fourth-order valence-electron chi connectivity index (χ4n) is 0.873. The molecule has 13 heavy (non-hydrogen) atoms. The number of aliphatic imine (C=N–C) groups is 1. The second kappa shape index (κ2) is 4.60. The molecule has 5 heteroatoms. The predicted octanol–water partition coefficient (Wildman–Crippen LogP) is 1.08. The lowest BCUT2D eigenvalue weighted by Gasteiger charge is -1.97. The van der Waals surface area contributed by atoms with E-state index in [0.717, 1.165) is 10.4 Å². The summed E-state index contributed by atoms with van der Waals surface area (Å²) in [6.07, 6.45) is 1.68. The highest BCUT2D eigenvalue weighted by atomic mass is 32.1. The number of ether oxygens (including phenoxy) is 1. The van der Waals surface area contributed by atoms with Gasteiger partial charge in [0.15, 0.2) is 0 Å². The summed E-state index contributed by atoms with van der Waals surface area (Å²) in [5, 5.41) is 10.2. The number of nitriles is 1. The molecule has 1 aromatic rings. The molecule has 4 nitrogen and oxygen atoms in total. The summed E-state index contributed by atoms with van der Waals surface area (Å²) in [7, 11) is 1.48. The summed E-state index contributed by atoms with van der Waals surface area (Å²) < 4.78 is 4.93. The first kappa shape index (κ1) is 9.71. The molecule has 0 bridgehead atoms. The lowest BCUT2D eigenvalue weighted by atomic mass is 10.3. The Hall–Kier alpha value is -1.38. The first-order valence-corrected chi connectivity index (χ1v) is 4.48. The molecule has 0 fully saturated rings. The molecule has 0 amide bonds. The molecule has 0 radical (unpaired) electrons. The van der Waals surface area contributed by atoms with Crippen LogP contribution in [0.15, 0.2) is 16.4 Å². The normalized spacial score (nSPS) is 11.0. The zero-order chi connectivity index (χ0) is 9.68. The molecule has 0 atom stereocenters. The van der Waals surface area contributed by atoms with Gasteiger partial charge in [0.1, 0.15) is 0 Å². The molecular formula is C8H9N3OS. The van der Waals surface area contributed by atoms with Crippen LogP contribution in [-0.4, -0.2) is 13.0 Å². The van der Waals surface area contributed by atoms with E-state index in [1.807, 2.05) is 11.4 Å². The standard InChI is InChI=1S/C8H9N3OS/c1-12-8(11-5-10)6-2-7(3-9)13-4-6/h2,4H,3,9H2,1H3. The lowest BCUT2D eigenvalue weighted by Crippen LogP contribution is -2.01. The van der Waals surface area contributed by atoms with Gasteiger partial charge in [0.05, 0.1) is 7.11 Å². The minimum absolute atomic E-state index is 0.332. The molecule has 0 spiro atoms. The van der Waals surface area contributed by atoms with Crippen molar-refractivity contribution in [3.05, 3.63) is 21.9 Å². The zero-order valence-corrected chi connectivity index (χ0v) is 7.97. The molecule has 0 saturated carbocycles. The Kier molecular flexibility index (Phi) is 3.43. The van der Waals surface area contributed by atoms with Gasteiger partial charge in [-0.1, -0.05) is 0 Å². The van der Waals surface area contributed by atoms with Crippen LogP contribution < -0.4 is 5.73 Å². The van der Waals surface area contributed by atoms with Crippen molar-refractivity contribution in [2.75, 3.05) is 7.11 Å². The molecule has 68 valence electrons. The highest BCUT2D eigenvalue weighted by Gasteiger charge is 2.05. The molecule has 2 N–H and O–H groups in total. The molecule has 0 aliphatic rings. The number of hydrogen-bond donors (Lipinski definition) is 1. The van der Waals surface area contributed by atoms with Gasteiger partial charge in [0.2, 0.25) is 12.1 Å². The van der Waals surface area contributed by atoms with Gasteiger partial charge in [0, 0.05) is 22.4 Å². The number of nitrogens with two attached hydrogens (primary N) is 1. The second-order valence-electron chi connectivity index (χ2n) is 2.23. The van der Waals surface area contributed by atoms with E-state index in [0.29, 0.717) is 12.4 Å². The van der Waals surface area contributed by atoms with Gasteiger partial charge in [-0.25, -0.2) is 0 Å². The average Bonchev–Trinajstić information content (AvgIpc) is 2.62. The first-order valence-electron chi connectivity index (χ1n) is 3.60. The fraction of sp³-hybridized carbons (Fsp3) is 0.250. The molecule has 1 aromatic heterocycles. The van der Waals surface area contributed by atoms with E-state index in [2.05, 4.69) is 4.99 Å². The van der Waals surface area contributed by atoms with Crippen LogP contribution in [0.5, 0.6) is 0 Å². The van der Waals surface area contributed by atoms with E-state index in [1.165, 1.54) is 18.4 Å². The van der Waals surface area contributed by atoms with Crippen molar-refractivity contribution in [3.63, 3.8) is 0 Å². The molecule has 0 unspecified atom stereocenters. The zero-order valence-electron chi connectivity index (χ0n) is 7.15. The van der Waals surface area contributed by atoms with Crippen molar-refractivity contribution in [3.8, 4) is 6.19 Å². The van der Waals surface area contributed by atoms with Crippen molar-refractivity contribution < 1.29 is 4.74 Å². The molecule has 1 rings (SSSR count). The van der Waals surface area contributed by atoms with E-state index in [4.69, 9.17) is 15.7 Å². The predicted molar refractivity (Wildman–Crippen MR) is 51.4 cm³/mol. The van der Waals surface area contributed by atoms with Gasteiger partial charge in [-0.2, -0.15) is 5.26 Å². The highest BCUT2D eigenvalue weighted by molar-refractivity contribution is 7.10. The van der Waals surface area contributed by atoms with Crippen LogP contribution in [0, 0.1) is 11.5 Å². The van der Waals surface area contributed by atoms with Crippen molar-refractivity contribution >= 4 is 17.2 Å². The van der Waals surface area contributed by atoms with Crippen molar-refractivity contribution in [1.82, 2.24) is 0 Å². The highest BCUT2D eigenvalue weighted by Crippen LogP contribution is 2.15. The summed E-state index contributed by atoms with van der Waals surface area (Å²) in [5.74, 6) is 0.332. The van der Waals surface area contributed by atoms with Crippen LogP contribution in [0.1, 0.15) is 10.4 Å². The van der Waals surface area contributed by atoms with Crippen molar-refractivity contribution in [1.29, 1.82) is 5.26 Å². The van der Waals surface area contributed by atoms with Crippen molar-refractivity contribution in [2.24, 2.45) is 10.7 Å². The Morgan fingerprint density at radius 2 is 2.62 bits per heavy atom. The Bertz CT molecular complexity index is 351. The van der Waals surface area contributed by atoms with Gasteiger partial charge >= 0.3 is 0 Å². The van der Waals surface area contributed by atoms with Crippen LogP contribution in [0.25, 0.3) is 0 Å². The Labute approximate surface area is 80.3 Å². The Balaban J connectivity index is 2.93. The molecule has 0 aromatic carbocycles. The lowest BCUT2D eigenvalue weighted by molar-refractivity contribution is 0.405. The van der Waals surface area contributed by atoms with Gasteiger partial charge in [-0.15, -0.1) is 16.3 Å². The smallest absolute Gasteiger partial charge is 0.232 e. The van der Waals surface area contributed by atoms with Crippen LogP contribution in [-0.2, 0) is 11.3 Å². The molecular weight excluding hydrogens is 186 g/mol. The summed E-state index contributed by atoms with van der Waals surface area (Å²) >= 11 is 1.52. The number of methoxy groups -OCH3 is 1. The largest absolute Gasteiger partial charge is 0.480 e. The molecule has 0 saturated heterocycles. The third-order valence-electron chi connectivity index (χ3n) is 1.45. The van der Waals surface area contributed by atoms with Gasteiger partial charge in [0.25, 0.3) is 0 Å². The van der Waals surface area contributed by atoms with E-state index in [1.54, 1.807) is 6.19 Å². The minimum Gasteiger partial charge on any atom is -0.480 e. The van der Waals surface area contributed by atoms with Gasteiger partial charge in [-0.3, -0.25) is 0 Å². The number of nitrogens with zero attached hydrogens (tertiary/aromatic N) is 2. The maximum Gasteiger partial charge on any atom is 0.232 e. The number of hydrogen-bond acceptors (Lipinski definition) is 5. The number of rotatable bonds is 2. The van der Waals surface area contributed by atoms with Gasteiger partial charge < -0.3 is 10.5 Å². The summed E-state index contributed by atoms with van der Waals surface area (Å²) in [4.78, 5) is 4.57. The minimum atomic E-state index is 0.332. The van der Waals surface area contributed by atoms with Crippen LogP contribution in [0.3, 0.4) is 0 Å². The quantitative estimate of drug-likeness (QED) is 0.436. The molecule has 0 aliphatic heterocycles. The third kappa shape index (κ3) is 2.28.